The molecule has 3 heterocycles. The zero-order chi connectivity index (χ0) is 22.7. The van der Waals surface area contributed by atoms with Gasteiger partial charge in [-0.2, -0.15) is 0 Å². The number of urea groups is 1. The maximum Gasteiger partial charge on any atom is 0.327 e. The molecule has 2 aliphatic heterocycles. The number of ether oxygens (including phenoxy) is 2. The molecule has 1 saturated heterocycles. The first-order chi connectivity index (χ1) is 15.5. The lowest BCUT2D eigenvalue weighted by atomic mass is 9.94. The Bertz CT molecular complexity index is 959. The van der Waals surface area contributed by atoms with Crippen molar-refractivity contribution in [2.45, 2.75) is 44.7 Å². The fraction of sp³-hybridized carbons (Fsp3) is 0.455. The molecule has 170 valence electrons. The largest absolute Gasteiger partial charge is 0.493 e. The molecule has 9 nitrogen and oxygen atoms in total. The smallest absolute Gasteiger partial charge is 0.327 e. The molecule has 4 amide bonds. The van der Waals surface area contributed by atoms with Crippen molar-refractivity contribution < 1.29 is 23.9 Å². The van der Waals surface area contributed by atoms with Crippen LogP contribution in [0.15, 0.2) is 23.7 Å². The van der Waals surface area contributed by atoms with Crippen LogP contribution in [0, 0.1) is 0 Å². The van der Waals surface area contributed by atoms with Gasteiger partial charge in [0.2, 0.25) is 5.91 Å². The van der Waals surface area contributed by atoms with Gasteiger partial charge in [0.1, 0.15) is 6.04 Å². The summed E-state index contributed by atoms with van der Waals surface area (Å²) in [6.07, 6.45) is 4.59. The Balaban J connectivity index is 1.29. The van der Waals surface area contributed by atoms with Gasteiger partial charge in [-0.05, 0) is 36.1 Å². The molecule has 1 fully saturated rings. The number of imide groups is 1. The summed E-state index contributed by atoms with van der Waals surface area (Å²) in [5.74, 6) is 0.997. The van der Waals surface area contributed by atoms with E-state index in [0.29, 0.717) is 55.4 Å². The van der Waals surface area contributed by atoms with Crippen LogP contribution in [0.2, 0.25) is 0 Å². The predicted octanol–water partition coefficient (Wildman–Crippen LogP) is 3.05. The second-order valence-electron chi connectivity index (χ2n) is 7.79. The highest BCUT2D eigenvalue weighted by atomic mass is 32.1. The van der Waals surface area contributed by atoms with Gasteiger partial charge in [-0.25, -0.2) is 9.78 Å². The predicted molar refractivity (Wildman–Crippen MR) is 119 cm³/mol. The molecule has 0 saturated carbocycles. The van der Waals surface area contributed by atoms with Gasteiger partial charge in [-0.1, -0.05) is 6.42 Å². The molecule has 1 N–H and O–H groups in total. The minimum Gasteiger partial charge on any atom is -0.493 e. The SMILES string of the molecule is COc1cc2c(cc1OC)CN1C(=O)N(CCCCCC(=O)Nc3nccs3)C(=O)[C@@H]1C2. The van der Waals surface area contributed by atoms with Gasteiger partial charge >= 0.3 is 6.03 Å². The zero-order valence-corrected chi connectivity index (χ0v) is 18.9. The Morgan fingerprint density at radius 2 is 1.91 bits per heavy atom. The molecule has 1 atom stereocenters. The number of thiazole rings is 1. The molecular weight excluding hydrogens is 432 g/mol. The number of anilines is 1. The number of nitrogens with one attached hydrogen (secondary N) is 1. The van der Waals surface area contributed by atoms with Gasteiger partial charge < -0.3 is 19.7 Å². The summed E-state index contributed by atoms with van der Waals surface area (Å²) >= 11 is 1.38. The number of methoxy groups -OCH3 is 2. The summed E-state index contributed by atoms with van der Waals surface area (Å²) in [5.41, 5.74) is 1.96. The normalized spacial score (nSPS) is 17.2. The van der Waals surface area contributed by atoms with Crippen LogP contribution in [0.1, 0.15) is 36.8 Å². The number of amides is 4. The molecular formula is C22H26N4O5S. The van der Waals surface area contributed by atoms with Crippen molar-refractivity contribution in [3.05, 3.63) is 34.8 Å². The van der Waals surface area contributed by atoms with Crippen LogP contribution in [0.5, 0.6) is 11.5 Å². The Hall–Kier alpha value is -3.14. The summed E-state index contributed by atoms with van der Waals surface area (Å²) in [5, 5.41) is 5.15. The van der Waals surface area contributed by atoms with Crippen molar-refractivity contribution in [2.75, 3.05) is 26.1 Å². The van der Waals surface area contributed by atoms with E-state index < -0.39 is 6.04 Å². The fourth-order valence-electron chi connectivity index (χ4n) is 4.17. The molecule has 0 unspecified atom stereocenters. The van der Waals surface area contributed by atoms with E-state index in [4.69, 9.17) is 9.47 Å². The van der Waals surface area contributed by atoms with Crippen LogP contribution in [-0.2, 0) is 22.6 Å². The van der Waals surface area contributed by atoms with Crippen molar-refractivity contribution in [1.29, 1.82) is 0 Å². The van der Waals surface area contributed by atoms with E-state index in [-0.39, 0.29) is 17.8 Å². The summed E-state index contributed by atoms with van der Waals surface area (Å²) in [6, 6.07) is 3.05. The van der Waals surface area contributed by atoms with Crippen molar-refractivity contribution in [1.82, 2.24) is 14.8 Å². The van der Waals surface area contributed by atoms with E-state index >= 15 is 0 Å². The highest BCUT2D eigenvalue weighted by Gasteiger charge is 2.47. The lowest BCUT2D eigenvalue weighted by molar-refractivity contribution is -0.128. The van der Waals surface area contributed by atoms with E-state index in [0.717, 1.165) is 17.5 Å². The minimum atomic E-state index is -0.475. The quantitative estimate of drug-likeness (QED) is 0.458. The second-order valence-corrected chi connectivity index (χ2v) is 8.69. The van der Waals surface area contributed by atoms with Crippen LogP contribution < -0.4 is 14.8 Å². The Labute approximate surface area is 190 Å². The van der Waals surface area contributed by atoms with Crippen LogP contribution in [0.4, 0.5) is 9.93 Å². The van der Waals surface area contributed by atoms with E-state index in [2.05, 4.69) is 10.3 Å². The maximum absolute atomic E-state index is 12.9. The average Bonchev–Trinajstić information content (AvgIpc) is 3.38. The van der Waals surface area contributed by atoms with Gasteiger partial charge in [0.25, 0.3) is 5.91 Å². The molecule has 0 spiro atoms. The van der Waals surface area contributed by atoms with Crippen molar-refractivity contribution in [2.24, 2.45) is 0 Å². The number of hydrogen-bond donors (Lipinski definition) is 1. The van der Waals surface area contributed by atoms with Gasteiger partial charge in [0, 0.05) is 37.5 Å². The topological polar surface area (TPSA) is 101 Å². The van der Waals surface area contributed by atoms with E-state index in [1.807, 2.05) is 12.1 Å². The molecule has 0 bridgehead atoms. The number of rotatable bonds is 9. The lowest BCUT2D eigenvalue weighted by Crippen LogP contribution is -2.40. The van der Waals surface area contributed by atoms with E-state index in [1.165, 1.54) is 16.2 Å². The van der Waals surface area contributed by atoms with Crippen LogP contribution >= 0.6 is 11.3 Å². The summed E-state index contributed by atoms with van der Waals surface area (Å²) in [6.45, 7) is 0.736. The fourth-order valence-corrected chi connectivity index (χ4v) is 4.71. The third-order valence-corrected chi connectivity index (χ3v) is 6.52. The summed E-state index contributed by atoms with van der Waals surface area (Å²) in [4.78, 5) is 44.7. The zero-order valence-electron chi connectivity index (χ0n) is 18.1. The highest BCUT2D eigenvalue weighted by Crippen LogP contribution is 2.37. The Morgan fingerprint density at radius 1 is 1.16 bits per heavy atom. The van der Waals surface area contributed by atoms with E-state index in [1.54, 1.807) is 30.7 Å². The number of benzene rings is 1. The van der Waals surface area contributed by atoms with Gasteiger partial charge in [0.05, 0.1) is 14.2 Å². The van der Waals surface area contributed by atoms with Crippen molar-refractivity contribution in [3.8, 4) is 11.5 Å². The number of unbranched alkanes of at least 4 members (excludes halogenated alkanes) is 2. The first kappa shape index (κ1) is 22.1. The Kier molecular flexibility index (Phi) is 6.59. The number of carbonyl (C=O) groups excluding carboxylic acids is 3. The standard InChI is InChI=1S/C22H26N4O5S/c1-30-17-11-14-10-16-20(28)25(22(29)26(16)13-15(14)12-18(17)31-2)8-5-3-4-6-19(27)24-21-23-7-9-32-21/h7,9,11-12,16H,3-6,8,10,13H2,1-2H3,(H,23,24,27)/t16-/m0/s1. The van der Waals surface area contributed by atoms with Crippen molar-refractivity contribution in [3.63, 3.8) is 0 Å². The second kappa shape index (κ2) is 9.56. The van der Waals surface area contributed by atoms with Crippen LogP contribution in [0.3, 0.4) is 0 Å². The molecule has 0 aliphatic carbocycles. The Morgan fingerprint density at radius 3 is 2.59 bits per heavy atom. The minimum absolute atomic E-state index is 0.0750. The van der Waals surface area contributed by atoms with Gasteiger partial charge in [-0.15, -0.1) is 11.3 Å². The van der Waals surface area contributed by atoms with Gasteiger partial charge in [0.15, 0.2) is 16.6 Å². The molecule has 2 aromatic rings. The third-order valence-electron chi connectivity index (χ3n) is 5.83. The van der Waals surface area contributed by atoms with Crippen molar-refractivity contribution >= 4 is 34.3 Å². The molecule has 0 radical (unpaired) electrons. The number of nitrogens with zero attached hydrogens (tertiary/aromatic N) is 3. The average molecular weight is 459 g/mol. The van der Waals surface area contributed by atoms with Gasteiger partial charge in [-0.3, -0.25) is 14.5 Å². The number of hydrogen-bond acceptors (Lipinski definition) is 7. The molecule has 1 aromatic carbocycles. The monoisotopic (exact) mass is 458 g/mol. The van der Waals surface area contributed by atoms with E-state index in [9.17, 15) is 14.4 Å². The number of fused-ring (bicyclic) bond motifs is 2. The first-order valence-electron chi connectivity index (χ1n) is 10.6. The molecule has 1 aromatic heterocycles. The number of carbonyl (C=O) groups is 3. The molecule has 4 rings (SSSR count). The molecule has 10 heteroatoms. The first-order valence-corrected chi connectivity index (χ1v) is 11.4. The third kappa shape index (κ3) is 4.40. The summed E-state index contributed by atoms with van der Waals surface area (Å²) < 4.78 is 10.7. The molecule has 2 aliphatic rings. The van der Waals surface area contributed by atoms with Crippen LogP contribution in [-0.4, -0.2) is 59.4 Å². The lowest BCUT2D eigenvalue weighted by Gasteiger charge is -2.29. The maximum atomic E-state index is 12.9. The molecule has 32 heavy (non-hydrogen) atoms. The number of aromatic nitrogens is 1. The highest BCUT2D eigenvalue weighted by molar-refractivity contribution is 7.13. The summed E-state index contributed by atoms with van der Waals surface area (Å²) in [7, 11) is 3.15. The van der Waals surface area contributed by atoms with Crippen LogP contribution in [0.25, 0.3) is 0 Å².